The fourth-order valence-electron chi connectivity index (χ4n) is 1.54. The summed E-state index contributed by atoms with van der Waals surface area (Å²) in [6.45, 7) is 2.07. The standard InChI is InChI=1S/C6H13F3O3Si.C6H16O2SSi/c1-10-13(11-2,12-3)5-4-6(7,8)9;1-7-10(3,8-2)6-4-5-9/h4-5H2,1-3H3;9H,4-6H2,1-3H3. The molecule has 142 valence electrons. The van der Waals surface area contributed by atoms with E-state index < -0.39 is 30.0 Å². The van der Waals surface area contributed by atoms with Gasteiger partial charge in [-0.05, 0) is 24.8 Å². The average Bonchev–Trinajstić information content (AvgIpc) is 2.54. The van der Waals surface area contributed by atoms with Crippen molar-refractivity contribution in [1.82, 2.24) is 0 Å². The van der Waals surface area contributed by atoms with Gasteiger partial charge in [0.05, 0.1) is 0 Å². The third-order valence-electron chi connectivity index (χ3n) is 3.30. The Morgan fingerprint density at radius 2 is 1.26 bits per heavy atom. The van der Waals surface area contributed by atoms with E-state index in [0.29, 0.717) is 0 Å². The maximum absolute atomic E-state index is 11.9. The molecule has 0 fully saturated rings. The smallest absolute Gasteiger partial charge is 0.398 e. The molecule has 0 aliphatic carbocycles. The van der Waals surface area contributed by atoms with E-state index in [-0.39, 0.29) is 6.04 Å². The Morgan fingerprint density at radius 1 is 0.826 bits per heavy atom. The second kappa shape index (κ2) is 12.7. The first-order chi connectivity index (χ1) is 10.6. The SMILES string of the molecule is CO[Si](C)(CCCS)OC.CO[Si](CCC(F)(F)F)(OC)OC. The molecule has 0 aromatic carbocycles. The maximum Gasteiger partial charge on any atom is 0.500 e. The van der Waals surface area contributed by atoms with Crippen molar-refractivity contribution in [3.63, 3.8) is 0 Å². The molecule has 0 saturated heterocycles. The van der Waals surface area contributed by atoms with Crippen LogP contribution in [0, 0.1) is 0 Å². The lowest BCUT2D eigenvalue weighted by atomic mass is 10.5. The molecule has 0 bridgehead atoms. The van der Waals surface area contributed by atoms with Gasteiger partial charge in [-0.25, -0.2) is 0 Å². The summed E-state index contributed by atoms with van der Waals surface area (Å²) in [5, 5.41) is 0. The van der Waals surface area contributed by atoms with Gasteiger partial charge in [0.1, 0.15) is 0 Å². The Labute approximate surface area is 144 Å². The van der Waals surface area contributed by atoms with Crippen LogP contribution in [0.3, 0.4) is 0 Å². The highest BCUT2D eigenvalue weighted by Crippen LogP contribution is 2.26. The van der Waals surface area contributed by atoms with Gasteiger partial charge in [0, 0.05) is 48.0 Å². The minimum absolute atomic E-state index is 0.250. The number of hydrogen-bond acceptors (Lipinski definition) is 6. The fourth-order valence-corrected chi connectivity index (χ4v) is 5.09. The topological polar surface area (TPSA) is 46.2 Å². The summed E-state index contributed by atoms with van der Waals surface area (Å²) in [5.74, 6) is 0.912. The van der Waals surface area contributed by atoms with E-state index >= 15 is 0 Å². The maximum atomic E-state index is 11.9. The van der Waals surface area contributed by atoms with Crippen LogP contribution in [0.5, 0.6) is 0 Å². The normalized spacial score (nSPS) is 12.8. The lowest BCUT2D eigenvalue weighted by molar-refractivity contribution is -0.132. The Bertz CT molecular complexity index is 282. The first kappa shape index (κ1) is 25.6. The molecule has 0 aromatic heterocycles. The highest BCUT2D eigenvalue weighted by atomic mass is 32.1. The van der Waals surface area contributed by atoms with Crippen molar-refractivity contribution in [3.05, 3.63) is 0 Å². The van der Waals surface area contributed by atoms with E-state index in [1.165, 1.54) is 21.3 Å². The predicted molar refractivity (Wildman–Crippen MR) is 91.2 cm³/mol. The summed E-state index contributed by atoms with van der Waals surface area (Å²) in [6, 6.07) is 0.781. The van der Waals surface area contributed by atoms with Gasteiger partial charge < -0.3 is 22.1 Å². The van der Waals surface area contributed by atoms with E-state index in [1.54, 1.807) is 14.2 Å². The van der Waals surface area contributed by atoms with Crippen molar-refractivity contribution >= 4 is 30.0 Å². The van der Waals surface area contributed by atoms with Crippen LogP contribution in [0.1, 0.15) is 12.8 Å². The largest absolute Gasteiger partial charge is 0.500 e. The Hall–Kier alpha value is 0.374. The van der Waals surface area contributed by atoms with Crippen LogP contribution in [0.25, 0.3) is 0 Å². The van der Waals surface area contributed by atoms with Gasteiger partial charge in [0.2, 0.25) is 0 Å². The highest BCUT2D eigenvalue weighted by molar-refractivity contribution is 7.80. The monoisotopic (exact) mass is 398 g/mol. The summed E-state index contributed by atoms with van der Waals surface area (Å²) in [5.41, 5.74) is 0. The minimum Gasteiger partial charge on any atom is -0.398 e. The Balaban J connectivity index is 0. The Morgan fingerprint density at radius 3 is 1.52 bits per heavy atom. The van der Waals surface area contributed by atoms with Crippen molar-refractivity contribution in [3.8, 4) is 0 Å². The molecule has 11 heteroatoms. The molecular weight excluding hydrogens is 369 g/mol. The van der Waals surface area contributed by atoms with Crippen molar-refractivity contribution in [2.75, 3.05) is 41.3 Å². The molecule has 0 amide bonds. The van der Waals surface area contributed by atoms with Crippen molar-refractivity contribution in [2.24, 2.45) is 0 Å². The number of alkyl halides is 3. The summed E-state index contributed by atoms with van der Waals surface area (Å²) in [7, 11) is 2.48. The van der Waals surface area contributed by atoms with Crippen molar-refractivity contribution in [2.45, 2.75) is 37.7 Å². The molecule has 0 rings (SSSR count). The highest BCUT2D eigenvalue weighted by Gasteiger charge is 2.42. The average molecular weight is 399 g/mol. The molecule has 23 heavy (non-hydrogen) atoms. The van der Waals surface area contributed by atoms with Gasteiger partial charge in [0.15, 0.2) is 0 Å². The van der Waals surface area contributed by atoms with Gasteiger partial charge in [-0.3, -0.25) is 0 Å². The summed E-state index contributed by atoms with van der Waals surface area (Å²) in [6.07, 6.45) is -4.07. The molecule has 0 N–H and O–H groups in total. The van der Waals surface area contributed by atoms with E-state index in [0.717, 1.165) is 18.2 Å². The summed E-state index contributed by atoms with van der Waals surface area (Å²) < 4.78 is 60.6. The van der Waals surface area contributed by atoms with E-state index in [2.05, 4.69) is 19.2 Å². The lowest BCUT2D eigenvalue weighted by Crippen LogP contribution is -2.43. The molecule has 0 aliphatic rings. The van der Waals surface area contributed by atoms with E-state index in [4.69, 9.17) is 22.1 Å². The van der Waals surface area contributed by atoms with Crippen LogP contribution in [-0.4, -0.2) is 64.8 Å². The third-order valence-corrected chi connectivity index (χ3v) is 9.33. The molecule has 0 saturated carbocycles. The number of hydrogen-bond donors (Lipinski definition) is 1. The molecule has 0 aliphatic heterocycles. The molecular formula is C12H29F3O5SSi2. The zero-order valence-electron chi connectivity index (χ0n) is 14.7. The molecule has 0 heterocycles. The van der Waals surface area contributed by atoms with Crippen LogP contribution >= 0.6 is 12.6 Å². The molecule has 5 nitrogen and oxygen atoms in total. The van der Waals surface area contributed by atoms with Crippen LogP contribution in [0.2, 0.25) is 18.6 Å². The first-order valence-corrected chi connectivity index (χ1v) is 12.1. The summed E-state index contributed by atoms with van der Waals surface area (Å²) >= 11 is 4.12. The zero-order chi connectivity index (χ0) is 18.6. The zero-order valence-corrected chi connectivity index (χ0v) is 17.6. The number of halogens is 3. The quantitative estimate of drug-likeness (QED) is 0.451. The van der Waals surface area contributed by atoms with E-state index in [9.17, 15) is 13.2 Å². The first-order valence-electron chi connectivity index (χ1n) is 7.01. The lowest BCUT2D eigenvalue weighted by Gasteiger charge is -2.24. The molecule has 0 unspecified atom stereocenters. The predicted octanol–water partition coefficient (Wildman–Crippen LogP) is 3.49. The third kappa shape index (κ3) is 12.4. The molecule has 0 spiro atoms. The minimum atomic E-state index is -4.20. The van der Waals surface area contributed by atoms with Crippen LogP contribution in [-0.2, 0) is 22.1 Å². The van der Waals surface area contributed by atoms with Gasteiger partial charge in [-0.15, -0.1) is 0 Å². The molecule has 0 aromatic rings. The van der Waals surface area contributed by atoms with Crippen LogP contribution in [0.15, 0.2) is 0 Å². The van der Waals surface area contributed by atoms with Crippen molar-refractivity contribution < 1.29 is 35.3 Å². The van der Waals surface area contributed by atoms with Crippen LogP contribution in [0.4, 0.5) is 13.2 Å². The second-order valence-corrected chi connectivity index (χ2v) is 11.9. The second-order valence-electron chi connectivity index (χ2n) is 4.78. The number of thiol groups is 1. The molecule has 0 radical (unpaired) electrons. The van der Waals surface area contributed by atoms with Crippen LogP contribution < -0.4 is 0 Å². The van der Waals surface area contributed by atoms with E-state index in [1.807, 2.05) is 0 Å². The summed E-state index contributed by atoms with van der Waals surface area (Å²) in [4.78, 5) is 0. The van der Waals surface area contributed by atoms with Gasteiger partial charge in [-0.1, -0.05) is 0 Å². The van der Waals surface area contributed by atoms with Gasteiger partial charge >= 0.3 is 23.5 Å². The number of rotatable bonds is 10. The fraction of sp³-hybridized carbons (Fsp3) is 1.00. The van der Waals surface area contributed by atoms with Gasteiger partial charge in [-0.2, -0.15) is 25.8 Å². The van der Waals surface area contributed by atoms with Crippen molar-refractivity contribution in [1.29, 1.82) is 0 Å². The Kier molecular flexibility index (Phi) is 14.1. The molecule has 0 atom stereocenters. The van der Waals surface area contributed by atoms with Gasteiger partial charge in [0.25, 0.3) is 0 Å².